The quantitative estimate of drug-likeness (QED) is 0.280. The van der Waals surface area contributed by atoms with Crippen LogP contribution in [0.5, 0.6) is 0 Å². The lowest BCUT2D eigenvalue weighted by molar-refractivity contribution is -0.186. The molecule has 0 aromatic heterocycles. The van der Waals surface area contributed by atoms with Crippen molar-refractivity contribution in [1.29, 1.82) is 0 Å². The van der Waals surface area contributed by atoms with E-state index in [4.69, 9.17) is 14.6 Å². The zero-order valence-electron chi connectivity index (χ0n) is 12.9. The number of unbranched alkanes of at least 4 members (excludes halogenated alkanes) is 1. The van der Waals surface area contributed by atoms with Gasteiger partial charge in [-0.15, -0.1) is 4.91 Å². The highest BCUT2D eigenvalue weighted by atomic mass is 16.6. The zero-order chi connectivity index (χ0) is 17.5. The second-order valence-corrected chi connectivity index (χ2v) is 5.78. The van der Waals surface area contributed by atoms with Crippen LogP contribution >= 0.6 is 0 Å². The fourth-order valence-electron chi connectivity index (χ4n) is 2.24. The predicted octanol–water partition coefficient (Wildman–Crippen LogP) is 1.54. The van der Waals surface area contributed by atoms with Gasteiger partial charge in [-0.3, -0.25) is 14.4 Å². The highest BCUT2D eigenvalue weighted by Crippen LogP contribution is 2.33. The van der Waals surface area contributed by atoms with Gasteiger partial charge in [-0.2, -0.15) is 0 Å². The fourth-order valence-corrected chi connectivity index (χ4v) is 2.24. The topological polar surface area (TPSA) is 140 Å². The van der Waals surface area contributed by atoms with E-state index in [1.165, 1.54) is 6.92 Å². The maximum Gasteiger partial charge on any atom is 0.325 e. The lowest BCUT2D eigenvalue weighted by Crippen LogP contribution is -2.46. The Bertz CT molecular complexity index is 471. The highest BCUT2D eigenvalue weighted by molar-refractivity contribution is 5.98. The van der Waals surface area contributed by atoms with Gasteiger partial charge in [0.2, 0.25) is 5.72 Å². The van der Waals surface area contributed by atoms with Gasteiger partial charge in [-0.1, -0.05) is 6.42 Å². The molecule has 0 amide bonds. The van der Waals surface area contributed by atoms with Crippen molar-refractivity contribution in [1.82, 2.24) is 0 Å². The van der Waals surface area contributed by atoms with Gasteiger partial charge in [0.1, 0.15) is 0 Å². The maximum absolute atomic E-state index is 12.3. The number of hydrogen-bond donors (Lipinski definition) is 2. The Labute approximate surface area is 132 Å². The minimum absolute atomic E-state index is 0.0803. The van der Waals surface area contributed by atoms with Crippen LogP contribution in [-0.4, -0.2) is 47.1 Å². The summed E-state index contributed by atoms with van der Waals surface area (Å²) in [5, 5.41) is 20.8. The molecule has 23 heavy (non-hydrogen) atoms. The van der Waals surface area contributed by atoms with Crippen LogP contribution in [-0.2, 0) is 23.9 Å². The number of hydrogen-bond acceptors (Lipinski definition) is 7. The van der Waals surface area contributed by atoms with Crippen molar-refractivity contribution in [3.05, 3.63) is 4.91 Å². The number of carbonyl (C=O) groups excluding carboxylic acids is 1. The molecule has 0 spiro atoms. The molecule has 1 saturated heterocycles. The third kappa shape index (κ3) is 4.98. The summed E-state index contributed by atoms with van der Waals surface area (Å²) in [4.78, 5) is 45.3. The molecule has 1 unspecified atom stereocenters. The summed E-state index contributed by atoms with van der Waals surface area (Å²) in [6.07, 6.45) is 0.445. The van der Waals surface area contributed by atoms with Gasteiger partial charge in [0.15, 0.2) is 5.41 Å². The van der Waals surface area contributed by atoms with Crippen molar-refractivity contribution in [2.45, 2.75) is 51.2 Å². The SMILES string of the molecule is CC(CCCCC(=O)O)(C(=O)O)C(=O)OC1(N=O)CCOCC1. The second kappa shape index (κ2) is 8.00. The van der Waals surface area contributed by atoms with E-state index in [9.17, 15) is 24.4 Å². The first-order valence-electron chi connectivity index (χ1n) is 7.37. The molecular weight excluding hydrogens is 310 g/mol. The average molecular weight is 331 g/mol. The van der Waals surface area contributed by atoms with Crippen molar-refractivity contribution in [2.75, 3.05) is 13.2 Å². The van der Waals surface area contributed by atoms with Crippen LogP contribution in [0.1, 0.15) is 45.4 Å². The van der Waals surface area contributed by atoms with E-state index in [1.54, 1.807) is 0 Å². The summed E-state index contributed by atoms with van der Waals surface area (Å²) in [5.41, 5.74) is -3.44. The lowest BCUT2D eigenvalue weighted by Gasteiger charge is -2.33. The summed E-state index contributed by atoms with van der Waals surface area (Å²) in [6, 6.07) is 0. The first-order valence-corrected chi connectivity index (χ1v) is 7.37. The molecule has 9 nitrogen and oxygen atoms in total. The van der Waals surface area contributed by atoms with Gasteiger partial charge < -0.3 is 19.7 Å². The molecular formula is C14H21NO8. The van der Waals surface area contributed by atoms with E-state index >= 15 is 0 Å². The number of ether oxygens (including phenoxy) is 2. The lowest BCUT2D eigenvalue weighted by atomic mass is 9.84. The van der Waals surface area contributed by atoms with Gasteiger partial charge in [0, 0.05) is 19.3 Å². The van der Waals surface area contributed by atoms with Crippen LogP contribution in [0.25, 0.3) is 0 Å². The molecule has 0 saturated carbocycles. The van der Waals surface area contributed by atoms with Crippen molar-refractivity contribution in [3.63, 3.8) is 0 Å². The normalized spacial score (nSPS) is 19.3. The Morgan fingerprint density at radius 3 is 2.30 bits per heavy atom. The number of nitroso groups, excluding NO2 is 1. The van der Waals surface area contributed by atoms with E-state index in [1.807, 2.05) is 0 Å². The second-order valence-electron chi connectivity index (χ2n) is 5.78. The third-order valence-corrected chi connectivity index (χ3v) is 3.96. The molecule has 9 heteroatoms. The number of aliphatic carboxylic acids is 2. The van der Waals surface area contributed by atoms with E-state index < -0.39 is 29.0 Å². The minimum Gasteiger partial charge on any atom is -0.481 e. The number of carboxylic acids is 2. The number of rotatable bonds is 9. The Morgan fingerprint density at radius 2 is 1.83 bits per heavy atom. The molecule has 1 aliphatic heterocycles. The summed E-state index contributed by atoms with van der Waals surface area (Å²) in [6.45, 7) is 1.60. The first-order chi connectivity index (χ1) is 10.8. The molecule has 1 fully saturated rings. The summed E-state index contributed by atoms with van der Waals surface area (Å²) in [5.74, 6) is -3.41. The Balaban J connectivity index is 2.74. The van der Waals surface area contributed by atoms with E-state index in [0.29, 0.717) is 0 Å². The van der Waals surface area contributed by atoms with Crippen molar-refractivity contribution < 1.29 is 34.1 Å². The van der Waals surface area contributed by atoms with Gasteiger partial charge >= 0.3 is 17.9 Å². The number of carbonyl (C=O) groups is 3. The Hall–Kier alpha value is -2.03. The Morgan fingerprint density at radius 1 is 1.22 bits per heavy atom. The third-order valence-electron chi connectivity index (χ3n) is 3.96. The Kier molecular flexibility index (Phi) is 6.62. The van der Waals surface area contributed by atoms with E-state index in [0.717, 1.165) is 0 Å². The molecule has 0 aromatic rings. The van der Waals surface area contributed by atoms with Gasteiger partial charge in [0.05, 0.1) is 13.2 Å². The molecule has 0 radical (unpaired) electrons. The molecule has 1 heterocycles. The summed E-state index contributed by atoms with van der Waals surface area (Å²) in [7, 11) is 0. The molecule has 1 rings (SSSR count). The van der Waals surface area contributed by atoms with Crippen LogP contribution < -0.4 is 0 Å². The van der Waals surface area contributed by atoms with Crippen LogP contribution in [0.4, 0.5) is 0 Å². The molecule has 0 aromatic carbocycles. The summed E-state index contributed by atoms with van der Waals surface area (Å²) >= 11 is 0. The molecule has 0 bridgehead atoms. The number of esters is 1. The molecule has 0 aliphatic carbocycles. The van der Waals surface area contributed by atoms with Gasteiger partial charge in [-0.05, 0) is 24.9 Å². The molecule has 1 aliphatic rings. The monoisotopic (exact) mass is 331 g/mol. The predicted molar refractivity (Wildman–Crippen MR) is 76.5 cm³/mol. The smallest absolute Gasteiger partial charge is 0.325 e. The van der Waals surface area contributed by atoms with Gasteiger partial charge in [0.25, 0.3) is 0 Å². The largest absolute Gasteiger partial charge is 0.481 e. The van der Waals surface area contributed by atoms with E-state index in [-0.39, 0.29) is 51.7 Å². The van der Waals surface area contributed by atoms with Crippen molar-refractivity contribution in [3.8, 4) is 0 Å². The van der Waals surface area contributed by atoms with E-state index in [2.05, 4.69) is 5.18 Å². The minimum atomic E-state index is -1.85. The van der Waals surface area contributed by atoms with Crippen molar-refractivity contribution in [2.24, 2.45) is 10.6 Å². The average Bonchev–Trinajstić information content (AvgIpc) is 2.51. The molecule has 2 N–H and O–H groups in total. The fraction of sp³-hybridized carbons (Fsp3) is 0.786. The number of carboxylic acid groups (broad SMARTS) is 2. The van der Waals surface area contributed by atoms with Crippen LogP contribution in [0, 0.1) is 10.3 Å². The summed E-state index contributed by atoms with van der Waals surface area (Å²) < 4.78 is 10.2. The zero-order valence-corrected chi connectivity index (χ0v) is 12.9. The van der Waals surface area contributed by atoms with Crippen LogP contribution in [0.15, 0.2) is 5.18 Å². The van der Waals surface area contributed by atoms with Crippen molar-refractivity contribution >= 4 is 17.9 Å². The standard InChI is InChI=1S/C14H21NO8/c1-13(11(18)19,5-3-2-4-10(16)17)12(20)23-14(15-21)6-8-22-9-7-14/h2-9H2,1H3,(H,16,17)(H,18,19). The van der Waals surface area contributed by atoms with Gasteiger partial charge in [-0.25, -0.2) is 0 Å². The first kappa shape index (κ1) is 19.0. The number of nitrogens with zero attached hydrogens (tertiary/aromatic N) is 1. The molecule has 130 valence electrons. The van der Waals surface area contributed by atoms with Crippen LogP contribution in [0.3, 0.4) is 0 Å². The maximum atomic E-state index is 12.3. The van der Waals surface area contributed by atoms with Crippen LogP contribution in [0.2, 0.25) is 0 Å². The highest BCUT2D eigenvalue weighted by Gasteiger charge is 2.48. The molecule has 1 atom stereocenters.